The van der Waals surface area contributed by atoms with Gasteiger partial charge in [0.1, 0.15) is 36.1 Å². The lowest BCUT2D eigenvalue weighted by Gasteiger charge is -2.31. The molecule has 24 nitrogen and oxygen atoms in total. The second-order valence-corrected chi connectivity index (χ2v) is 22.3. The van der Waals surface area contributed by atoms with Gasteiger partial charge in [-0.3, -0.25) is 14.2 Å². The van der Waals surface area contributed by atoms with Crippen molar-refractivity contribution >= 4 is 58.9 Å². The third-order valence-electron chi connectivity index (χ3n) is 9.93. The summed E-state index contributed by atoms with van der Waals surface area (Å²) in [6.45, 7) is -0.718. The molecule has 0 aromatic rings. The summed E-state index contributed by atoms with van der Waals surface area (Å²) >= 11 is 7.89. The smallest absolute Gasteiger partial charge is 0.386 e. The molecule has 29 heteroatoms. The number of amides is 2. The van der Waals surface area contributed by atoms with E-state index in [9.17, 15) is 44.3 Å². The quantitative estimate of drug-likeness (QED) is 0.0120. The number of hydrogen-bond donors (Lipinski definition) is 12. The van der Waals surface area contributed by atoms with E-state index in [1.807, 2.05) is 0 Å². The molecule has 426 valence electrons. The van der Waals surface area contributed by atoms with Crippen molar-refractivity contribution in [1.29, 1.82) is 0 Å². The molecular formula is C43H85N2O22P3S2. The van der Waals surface area contributed by atoms with Crippen LogP contribution in [0.25, 0.3) is 0 Å². The first kappa shape index (κ1) is 71.0. The number of hydrogen-bond acceptors (Lipinski definition) is 23. The predicted octanol–water partition coefficient (Wildman–Crippen LogP) is 5.38. The average molecular weight is 1140 g/mol. The lowest BCUT2D eigenvalue weighted by molar-refractivity contribution is -0.122. The third kappa shape index (κ3) is 40.3. The van der Waals surface area contributed by atoms with Crippen molar-refractivity contribution in [2.45, 2.75) is 129 Å². The highest BCUT2D eigenvalue weighted by molar-refractivity contribution is 8.44. The van der Waals surface area contributed by atoms with Crippen LogP contribution < -0.4 is 10.6 Å². The van der Waals surface area contributed by atoms with Crippen LogP contribution in [0.15, 0.2) is 22.9 Å². The predicted molar refractivity (Wildman–Crippen MR) is 274 cm³/mol. The summed E-state index contributed by atoms with van der Waals surface area (Å²) in [5.74, 6) is -2.32. The van der Waals surface area contributed by atoms with Crippen molar-refractivity contribution in [2.75, 3.05) is 106 Å². The van der Waals surface area contributed by atoms with Crippen LogP contribution in [0.5, 0.6) is 0 Å². The first-order valence-corrected chi connectivity index (χ1v) is 30.5. The molecule has 0 spiro atoms. The number of ether oxygens (including phenoxy) is 5. The molecule has 0 radical (unpaired) electrons. The van der Waals surface area contributed by atoms with Crippen LogP contribution in [0.4, 0.5) is 0 Å². The van der Waals surface area contributed by atoms with E-state index in [1.54, 1.807) is 0 Å². The molecular weight excluding hydrogens is 1050 g/mol. The van der Waals surface area contributed by atoms with Gasteiger partial charge in [-0.15, -0.1) is 0 Å². The monoisotopic (exact) mass is 1140 g/mol. The highest BCUT2D eigenvalue weighted by Crippen LogP contribution is 2.53. The lowest BCUT2D eigenvalue weighted by Crippen LogP contribution is -2.41. The van der Waals surface area contributed by atoms with E-state index in [2.05, 4.69) is 35.1 Å². The Labute approximate surface area is 436 Å². The Kier molecular flexibility index (Phi) is 45.4. The van der Waals surface area contributed by atoms with Crippen LogP contribution >= 0.6 is 47.1 Å². The van der Waals surface area contributed by atoms with Crippen molar-refractivity contribution in [3.8, 4) is 0 Å². The molecule has 0 bridgehead atoms. The maximum absolute atomic E-state index is 12.7. The zero-order valence-electron chi connectivity index (χ0n) is 41.9. The van der Waals surface area contributed by atoms with E-state index in [0.717, 1.165) is 38.5 Å². The lowest BCUT2D eigenvalue weighted by atomic mass is 9.92. The molecule has 0 aromatic carbocycles. The summed E-state index contributed by atoms with van der Waals surface area (Å²) in [4.78, 5) is 31.7. The van der Waals surface area contributed by atoms with Gasteiger partial charge in [0.05, 0.1) is 78.1 Å². The molecule has 72 heavy (non-hydrogen) atoms. The minimum Gasteiger partial charge on any atom is -0.508 e. The summed E-state index contributed by atoms with van der Waals surface area (Å²) in [5.41, 5.74) is -1.55. The molecule has 0 aliphatic carbocycles. The molecule has 6 atom stereocenters. The Morgan fingerprint density at radius 3 is 1.35 bits per heavy atom. The van der Waals surface area contributed by atoms with Crippen LogP contribution in [-0.2, 0) is 65.0 Å². The highest BCUT2D eigenvalue weighted by Gasteiger charge is 2.31. The van der Waals surface area contributed by atoms with Gasteiger partial charge in [-0.1, -0.05) is 75.9 Å². The number of carbonyl (C=O) groups excluding carboxylic acids is 2. The fraction of sp³-hybridized carbons (Fsp3) is 0.860. The summed E-state index contributed by atoms with van der Waals surface area (Å²) in [7, 11) is -4.37. The zero-order valence-corrected chi connectivity index (χ0v) is 46.4. The van der Waals surface area contributed by atoms with E-state index in [4.69, 9.17) is 61.4 Å². The molecule has 0 rings (SSSR count). The number of carbonyl (C=O) groups is 2. The van der Waals surface area contributed by atoms with E-state index < -0.39 is 77.2 Å². The topological polar surface area (TPSA) is 346 Å². The Hall–Kier alpha value is -1.03. The van der Waals surface area contributed by atoms with Gasteiger partial charge in [0.2, 0.25) is 19.4 Å². The Morgan fingerprint density at radius 2 is 0.931 bits per heavy atom. The molecule has 0 saturated heterocycles. The van der Waals surface area contributed by atoms with E-state index >= 15 is 0 Å². The number of aliphatic hydroxyl groups is 7. The van der Waals surface area contributed by atoms with Crippen LogP contribution in [0.1, 0.15) is 117 Å². The summed E-state index contributed by atoms with van der Waals surface area (Å²) < 4.78 is 79.7. The van der Waals surface area contributed by atoms with Crippen molar-refractivity contribution in [2.24, 2.45) is 5.41 Å². The fourth-order valence-corrected chi connectivity index (χ4v) is 8.66. The van der Waals surface area contributed by atoms with Gasteiger partial charge >= 0.3 is 15.1 Å². The third-order valence-corrected chi connectivity index (χ3v) is 13.3. The number of nitrogens with one attached hydrogen (secondary N) is 2. The highest BCUT2D eigenvalue weighted by atomic mass is 32.7. The van der Waals surface area contributed by atoms with Gasteiger partial charge in [-0.25, -0.2) is 4.57 Å². The Bertz CT molecular complexity index is 1540. The zero-order chi connectivity index (χ0) is 53.9. The Morgan fingerprint density at radius 1 is 0.583 bits per heavy atom. The molecule has 0 aromatic heterocycles. The minimum atomic E-state index is -3.65. The normalized spacial score (nSPS) is 16.0. The summed E-state index contributed by atoms with van der Waals surface area (Å²) in [6.07, 6.45) is 8.11. The standard InChI is InChI=1S/C43H85N2O22P3S2/c1-35(49)44-39(37(51)29-46)41(53)61-22-12-7-9-14-24-63-68(55)64-26-17-20-59-33-43(31-48,32-58-19-11-5-3-4-6-15-25-65-69(56)71)34-60-21-18-28-67-70(57,72)66-27-16-10-8-13-23-62-42(54)40(38(52)30-47)45-36(2)50/h41-42,46-48,51-54,56,68,71H,3-34H2,1-2H3,(H,44,49)(H,45,50)(H,57,72)/b39-37-,40-38+/t41-,42-,43?,69?,70?/m0/s1. The fourth-order valence-electron chi connectivity index (χ4n) is 6.13. The second-order valence-electron chi connectivity index (χ2n) is 16.5. The first-order chi connectivity index (χ1) is 34.4. The maximum Gasteiger partial charge on any atom is 0.386 e. The van der Waals surface area contributed by atoms with E-state index in [-0.39, 0.29) is 90.7 Å². The minimum absolute atomic E-state index is 0.0296. The molecule has 2 amide bonds. The van der Waals surface area contributed by atoms with Gasteiger partial charge in [-0.05, 0) is 51.4 Å². The van der Waals surface area contributed by atoms with Gasteiger partial charge in [-0.2, -0.15) is 0 Å². The molecule has 0 aliphatic rings. The van der Waals surface area contributed by atoms with Crippen LogP contribution in [0, 0.1) is 5.41 Å². The maximum atomic E-state index is 12.7. The SMILES string of the molecule is CC(=O)N/C(=C(\O)CO)[C@@H](O)OCCCCCCO[PH](=O)OCCCOCC(CO)(COCCCCCCCCOP(O)S)COCCCOP(=O)(S)OCCCCCCO[C@H](O)/C(NC(C)=O)=C(\O)CO. The van der Waals surface area contributed by atoms with Crippen LogP contribution in [0.2, 0.25) is 0 Å². The Balaban J connectivity index is 4.65. The van der Waals surface area contributed by atoms with Gasteiger partial charge < -0.3 is 97.6 Å². The molecule has 0 heterocycles. The van der Waals surface area contributed by atoms with Crippen LogP contribution in [0.3, 0.4) is 0 Å². The molecule has 0 saturated carbocycles. The van der Waals surface area contributed by atoms with E-state index in [1.165, 1.54) is 13.8 Å². The molecule has 10 N–H and O–H groups in total. The summed E-state index contributed by atoms with van der Waals surface area (Å²) in [6, 6.07) is 0. The number of thiol groups is 2. The average Bonchev–Trinajstić information content (AvgIpc) is 3.34. The number of unbranched alkanes of at least 4 members (excludes halogenated alkanes) is 11. The van der Waals surface area contributed by atoms with Crippen LogP contribution in [-0.4, -0.2) is 171 Å². The van der Waals surface area contributed by atoms with Crippen molar-refractivity contribution in [3.63, 3.8) is 0 Å². The van der Waals surface area contributed by atoms with Crippen molar-refractivity contribution in [1.82, 2.24) is 10.6 Å². The molecule has 0 fully saturated rings. The van der Waals surface area contributed by atoms with E-state index in [0.29, 0.717) is 77.4 Å². The van der Waals surface area contributed by atoms with Gasteiger partial charge in [0.15, 0.2) is 12.6 Å². The largest absolute Gasteiger partial charge is 0.508 e. The first-order valence-electron chi connectivity index (χ1n) is 24.2. The summed E-state index contributed by atoms with van der Waals surface area (Å²) in [5, 5.41) is 72.7. The van der Waals surface area contributed by atoms with Crippen molar-refractivity contribution in [3.05, 3.63) is 22.9 Å². The number of aliphatic hydroxyl groups excluding tert-OH is 7. The second kappa shape index (κ2) is 46.1. The van der Waals surface area contributed by atoms with Gasteiger partial charge in [0, 0.05) is 33.7 Å². The van der Waals surface area contributed by atoms with Gasteiger partial charge in [0.25, 0.3) is 0 Å². The molecule has 4 unspecified atom stereocenters. The molecule has 0 aliphatic heterocycles. The van der Waals surface area contributed by atoms with Crippen molar-refractivity contribution < 1.29 is 106 Å². The number of rotatable bonds is 51.